The highest BCUT2D eigenvalue weighted by Gasteiger charge is 2.28. The number of hydrogen-bond acceptors (Lipinski definition) is 2. The maximum Gasteiger partial charge on any atom is 0.0401 e. The van der Waals surface area contributed by atoms with E-state index < -0.39 is 6.98 Å². The van der Waals surface area contributed by atoms with Crippen molar-refractivity contribution >= 4 is 0 Å². The Morgan fingerprint density at radius 2 is 2.57 bits per heavy atom. The SMILES string of the molecule is [2H]C([2H])([2H])NC1(C)CNC1. The van der Waals surface area contributed by atoms with Crippen LogP contribution in [-0.2, 0) is 0 Å². The molecule has 0 aromatic rings. The van der Waals surface area contributed by atoms with Gasteiger partial charge in [-0.2, -0.15) is 0 Å². The average Bonchev–Trinajstić information content (AvgIpc) is 1.57. The summed E-state index contributed by atoms with van der Waals surface area (Å²) in [5.74, 6) is 0. The van der Waals surface area contributed by atoms with Crippen molar-refractivity contribution in [2.24, 2.45) is 0 Å². The highest BCUT2D eigenvalue weighted by Crippen LogP contribution is 2.06. The molecule has 0 saturated carbocycles. The van der Waals surface area contributed by atoms with Gasteiger partial charge in [0.05, 0.1) is 0 Å². The van der Waals surface area contributed by atoms with Crippen LogP contribution in [0.4, 0.5) is 0 Å². The van der Waals surface area contributed by atoms with Gasteiger partial charge in [0, 0.05) is 22.7 Å². The molecule has 0 spiro atoms. The summed E-state index contributed by atoms with van der Waals surface area (Å²) in [6.07, 6.45) is 0. The Morgan fingerprint density at radius 1 is 1.86 bits per heavy atom. The summed E-state index contributed by atoms with van der Waals surface area (Å²) in [5, 5.41) is 5.58. The minimum atomic E-state index is -2.00. The van der Waals surface area contributed by atoms with Gasteiger partial charge in [-0.15, -0.1) is 0 Å². The number of likely N-dealkylation sites (N-methyl/N-ethyl adjacent to an activating group) is 1. The van der Waals surface area contributed by atoms with E-state index in [1.165, 1.54) is 0 Å². The van der Waals surface area contributed by atoms with Crippen LogP contribution in [0, 0.1) is 0 Å². The molecule has 0 radical (unpaired) electrons. The average molecular weight is 103 g/mol. The van der Waals surface area contributed by atoms with E-state index in [2.05, 4.69) is 10.6 Å². The third-order valence-electron chi connectivity index (χ3n) is 1.33. The standard InChI is InChI=1S/C5H12N2/c1-5(6-2)3-7-4-5/h6-7H,3-4H2,1-2H3/i2D3. The van der Waals surface area contributed by atoms with Crippen molar-refractivity contribution in [2.45, 2.75) is 12.5 Å². The number of nitrogens with one attached hydrogen (secondary N) is 2. The maximum atomic E-state index is 6.92. The predicted molar refractivity (Wildman–Crippen MR) is 30.3 cm³/mol. The van der Waals surface area contributed by atoms with Crippen LogP contribution in [0.5, 0.6) is 0 Å². The van der Waals surface area contributed by atoms with E-state index in [1.807, 2.05) is 6.92 Å². The minimum absolute atomic E-state index is 0.217. The summed E-state index contributed by atoms with van der Waals surface area (Å²) in [5.41, 5.74) is -0.217. The van der Waals surface area contributed by atoms with Crippen molar-refractivity contribution in [2.75, 3.05) is 20.1 Å². The topological polar surface area (TPSA) is 24.1 Å². The van der Waals surface area contributed by atoms with Crippen LogP contribution in [0.15, 0.2) is 0 Å². The van der Waals surface area contributed by atoms with E-state index in [0.717, 1.165) is 13.1 Å². The lowest BCUT2D eigenvalue weighted by atomic mass is 9.96. The molecule has 1 fully saturated rings. The summed E-state index contributed by atoms with van der Waals surface area (Å²) in [7, 11) is 0. The van der Waals surface area contributed by atoms with Gasteiger partial charge in [0.2, 0.25) is 0 Å². The molecule has 42 valence electrons. The third-order valence-corrected chi connectivity index (χ3v) is 1.33. The second-order valence-electron chi connectivity index (χ2n) is 2.29. The Bertz CT molecular complexity index is 127. The van der Waals surface area contributed by atoms with Crippen molar-refractivity contribution in [1.29, 1.82) is 0 Å². The van der Waals surface area contributed by atoms with Gasteiger partial charge >= 0.3 is 0 Å². The first-order valence-electron chi connectivity index (χ1n) is 3.91. The Balaban J connectivity index is 2.37. The predicted octanol–water partition coefficient (Wildman–Crippen LogP) is -0.432. The lowest BCUT2D eigenvalue weighted by molar-refractivity contribution is 0.256. The van der Waals surface area contributed by atoms with Crippen LogP contribution < -0.4 is 10.6 Å². The normalized spacial score (nSPS) is 34.7. The van der Waals surface area contributed by atoms with Gasteiger partial charge in [-0.1, -0.05) is 0 Å². The van der Waals surface area contributed by atoms with Crippen molar-refractivity contribution in [3.63, 3.8) is 0 Å². The van der Waals surface area contributed by atoms with Crippen LogP contribution in [-0.4, -0.2) is 25.6 Å². The molecule has 7 heavy (non-hydrogen) atoms. The summed E-state index contributed by atoms with van der Waals surface area (Å²) >= 11 is 0. The van der Waals surface area contributed by atoms with Crippen LogP contribution in [0.2, 0.25) is 0 Å². The zero-order valence-corrected chi connectivity index (χ0v) is 4.41. The van der Waals surface area contributed by atoms with E-state index in [9.17, 15) is 0 Å². The van der Waals surface area contributed by atoms with Crippen molar-refractivity contribution in [1.82, 2.24) is 10.6 Å². The van der Waals surface area contributed by atoms with Crippen LogP contribution in [0.25, 0.3) is 0 Å². The largest absolute Gasteiger partial charge is 0.313 e. The van der Waals surface area contributed by atoms with E-state index in [0.29, 0.717) is 0 Å². The molecule has 0 aromatic carbocycles. The smallest absolute Gasteiger partial charge is 0.0401 e. The first-order valence-corrected chi connectivity index (χ1v) is 2.41. The first kappa shape index (κ1) is 2.46. The monoisotopic (exact) mass is 103 g/mol. The second-order valence-corrected chi connectivity index (χ2v) is 2.29. The Kier molecular flexibility index (Phi) is 0.513. The molecule has 2 nitrogen and oxygen atoms in total. The second kappa shape index (κ2) is 1.46. The fraction of sp³-hybridized carbons (Fsp3) is 1.00. The molecule has 1 saturated heterocycles. The van der Waals surface area contributed by atoms with Crippen molar-refractivity contribution in [3.05, 3.63) is 0 Å². The molecule has 0 atom stereocenters. The summed E-state index contributed by atoms with van der Waals surface area (Å²) in [6, 6.07) is 0. The Morgan fingerprint density at radius 3 is 2.71 bits per heavy atom. The highest BCUT2D eigenvalue weighted by atomic mass is 15.1. The fourth-order valence-electron chi connectivity index (χ4n) is 0.588. The van der Waals surface area contributed by atoms with Crippen molar-refractivity contribution in [3.8, 4) is 0 Å². The zero-order valence-electron chi connectivity index (χ0n) is 7.41. The molecule has 1 aliphatic rings. The summed E-state index contributed by atoms with van der Waals surface area (Å²) in [4.78, 5) is 0. The molecule has 1 heterocycles. The molecule has 2 heteroatoms. The first-order chi connectivity index (χ1) is 4.41. The zero-order chi connectivity index (χ0) is 7.83. The molecule has 0 unspecified atom stereocenters. The quantitative estimate of drug-likeness (QED) is 0.470. The van der Waals surface area contributed by atoms with E-state index in [-0.39, 0.29) is 5.54 Å². The van der Waals surface area contributed by atoms with Gasteiger partial charge in [0.25, 0.3) is 0 Å². The van der Waals surface area contributed by atoms with E-state index in [1.54, 1.807) is 0 Å². The van der Waals surface area contributed by atoms with E-state index >= 15 is 0 Å². The molecule has 0 aliphatic carbocycles. The van der Waals surface area contributed by atoms with Gasteiger partial charge in [-0.25, -0.2) is 0 Å². The molecule has 1 rings (SSSR count). The third kappa shape index (κ3) is 0.763. The van der Waals surface area contributed by atoms with Crippen molar-refractivity contribution < 1.29 is 4.11 Å². The Labute approximate surface area is 48.5 Å². The van der Waals surface area contributed by atoms with Gasteiger partial charge in [0.15, 0.2) is 0 Å². The lowest BCUT2D eigenvalue weighted by Gasteiger charge is -2.38. The van der Waals surface area contributed by atoms with Crippen LogP contribution in [0.3, 0.4) is 0 Å². The molecule has 0 aromatic heterocycles. The molecular formula is C5H12N2. The molecule has 1 aliphatic heterocycles. The van der Waals surface area contributed by atoms with E-state index in [4.69, 9.17) is 4.11 Å². The van der Waals surface area contributed by atoms with Crippen LogP contribution in [0.1, 0.15) is 11.0 Å². The Hall–Kier alpha value is -0.0800. The number of rotatable bonds is 1. The molecular weight excluding hydrogens is 88.1 g/mol. The summed E-state index contributed by atoms with van der Waals surface area (Å²) in [6.45, 7) is 1.38. The minimum Gasteiger partial charge on any atom is -0.313 e. The molecule has 0 amide bonds. The summed E-state index contributed by atoms with van der Waals surface area (Å²) < 4.78 is 20.8. The molecule has 2 N–H and O–H groups in total. The van der Waals surface area contributed by atoms with Gasteiger partial charge in [-0.05, 0) is 13.9 Å². The van der Waals surface area contributed by atoms with Gasteiger partial charge in [0.1, 0.15) is 0 Å². The highest BCUT2D eigenvalue weighted by molar-refractivity contribution is 4.94. The lowest BCUT2D eigenvalue weighted by Crippen LogP contribution is -2.64. The van der Waals surface area contributed by atoms with Gasteiger partial charge < -0.3 is 10.6 Å². The maximum absolute atomic E-state index is 6.92. The van der Waals surface area contributed by atoms with Gasteiger partial charge in [-0.3, -0.25) is 0 Å². The molecule has 0 bridgehead atoms. The van der Waals surface area contributed by atoms with Crippen LogP contribution >= 0.6 is 0 Å². The number of hydrogen-bond donors (Lipinski definition) is 2. The fourth-order valence-corrected chi connectivity index (χ4v) is 0.588.